The third-order valence-corrected chi connectivity index (χ3v) is 2.38. The van der Waals surface area contributed by atoms with Crippen LogP contribution in [0.5, 0.6) is 0 Å². The summed E-state index contributed by atoms with van der Waals surface area (Å²) in [6, 6.07) is 4.96. The number of rotatable bonds is 3. The number of carbonyl (C=O) groups is 1. The SMILES string of the molecule is O=C(O)C(O)C(O)c1cccc2cn[nH]c12. The summed E-state index contributed by atoms with van der Waals surface area (Å²) in [5, 5.41) is 34.7. The molecule has 1 heterocycles. The van der Waals surface area contributed by atoms with Crippen LogP contribution in [0.3, 0.4) is 0 Å². The van der Waals surface area contributed by atoms with Crippen molar-refractivity contribution in [2.45, 2.75) is 12.2 Å². The molecule has 0 saturated carbocycles. The average Bonchev–Trinajstić information content (AvgIpc) is 2.74. The van der Waals surface area contributed by atoms with Crippen LogP contribution in [-0.2, 0) is 4.79 Å². The average molecular weight is 222 g/mol. The number of aliphatic hydroxyl groups is 2. The van der Waals surface area contributed by atoms with Gasteiger partial charge in [0.15, 0.2) is 6.10 Å². The van der Waals surface area contributed by atoms with Gasteiger partial charge < -0.3 is 15.3 Å². The predicted molar refractivity (Wildman–Crippen MR) is 54.7 cm³/mol. The van der Waals surface area contributed by atoms with Gasteiger partial charge in [0, 0.05) is 10.9 Å². The zero-order valence-electron chi connectivity index (χ0n) is 8.16. The standard InChI is InChI=1S/C10H10N2O4/c13-8(9(14)10(15)16)6-3-1-2-5-4-11-12-7(5)6/h1-4,8-9,13-14H,(H,11,12)(H,15,16). The van der Waals surface area contributed by atoms with Crippen LogP contribution >= 0.6 is 0 Å². The molecule has 2 unspecified atom stereocenters. The Bertz CT molecular complexity index is 522. The molecular weight excluding hydrogens is 212 g/mol. The molecule has 0 saturated heterocycles. The number of carboxylic acid groups (broad SMARTS) is 1. The zero-order valence-corrected chi connectivity index (χ0v) is 8.16. The van der Waals surface area contributed by atoms with Crippen molar-refractivity contribution in [2.24, 2.45) is 0 Å². The number of fused-ring (bicyclic) bond motifs is 1. The lowest BCUT2D eigenvalue weighted by Gasteiger charge is -2.14. The number of aliphatic carboxylic acids is 1. The second kappa shape index (κ2) is 3.92. The highest BCUT2D eigenvalue weighted by Crippen LogP contribution is 2.24. The van der Waals surface area contributed by atoms with E-state index in [1.807, 2.05) is 0 Å². The number of benzene rings is 1. The van der Waals surface area contributed by atoms with E-state index in [1.165, 1.54) is 6.07 Å². The van der Waals surface area contributed by atoms with Gasteiger partial charge in [0.05, 0.1) is 11.7 Å². The molecule has 0 spiro atoms. The van der Waals surface area contributed by atoms with E-state index in [-0.39, 0.29) is 0 Å². The fourth-order valence-corrected chi connectivity index (χ4v) is 1.54. The monoisotopic (exact) mass is 222 g/mol. The Morgan fingerprint density at radius 2 is 2.12 bits per heavy atom. The Hall–Kier alpha value is -1.92. The normalized spacial score (nSPS) is 14.9. The van der Waals surface area contributed by atoms with Gasteiger partial charge >= 0.3 is 5.97 Å². The molecule has 0 bridgehead atoms. The van der Waals surface area contributed by atoms with Gasteiger partial charge in [-0.1, -0.05) is 18.2 Å². The molecule has 1 aromatic carbocycles. The molecular formula is C10H10N2O4. The Kier molecular flexibility index (Phi) is 2.59. The minimum absolute atomic E-state index is 0.310. The van der Waals surface area contributed by atoms with Crippen LogP contribution in [0.4, 0.5) is 0 Å². The van der Waals surface area contributed by atoms with Crippen molar-refractivity contribution in [3.63, 3.8) is 0 Å². The van der Waals surface area contributed by atoms with Crippen molar-refractivity contribution in [3.05, 3.63) is 30.0 Å². The van der Waals surface area contributed by atoms with E-state index >= 15 is 0 Å². The summed E-state index contributed by atoms with van der Waals surface area (Å²) in [5.41, 5.74) is 0.834. The van der Waals surface area contributed by atoms with Crippen molar-refractivity contribution < 1.29 is 20.1 Å². The van der Waals surface area contributed by atoms with E-state index in [1.54, 1.807) is 18.3 Å². The van der Waals surface area contributed by atoms with Crippen molar-refractivity contribution in [2.75, 3.05) is 0 Å². The largest absolute Gasteiger partial charge is 0.479 e. The van der Waals surface area contributed by atoms with Crippen LogP contribution in [0.1, 0.15) is 11.7 Å². The molecule has 0 fully saturated rings. The number of para-hydroxylation sites is 1. The van der Waals surface area contributed by atoms with Crippen molar-refractivity contribution in [1.29, 1.82) is 0 Å². The van der Waals surface area contributed by atoms with Gasteiger partial charge in [-0.25, -0.2) is 4.79 Å². The quantitative estimate of drug-likeness (QED) is 0.586. The van der Waals surface area contributed by atoms with E-state index in [9.17, 15) is 15.0 Å². The second-order valence-electron chi connectivity index (χ2n) is 3.41. The lowest BCUT2D eigenvalue weighted by molar-refractivity contribution is -0.153. The van der Waals surface area contributed by atoms with Crippen LogP contribution in [0.2, 0.25) is 0 Å². The molecule has 6 nitrogen and oxygen atoms in total. The zero-order chi connectivity index (χ0) is 11.7. The first-order valence-corrected chi connectivity index (χ1v) is 4.62. The molecule has 0 amide bonds. The molecule has 4 N–H and O–H groups in total. The molecule has 2 aromatic rings. The highest BCUT2D eigenvalue weighted by atomic mass is 16.4. The van der Waals surface area contributed by atoms with Crippen LogP contribution in [0.15, 0.2) is 24.4 Å². The van der Waals surface area contributed by atoms with Gasteiger partial charge in [0.2, 0.25) is 0 Å². The second-order valence-corrected chi connectivity index (χ2v) is 3.41. The summed E-state index contributed by atoms with van der Waals surface area (Å²) in [7, 11) is 0. The van der Waals surface area contributed by atoms with Crippen molar-refractivity contribution in [1.82, 2.24) is 10.2 Å². The summed E-state index contributed by atoms with van der Waals surface area (Å²) < 4.78 is 0. The molecule has 6 heteroatoms. The fraction of sp³-hybridized carbons (Fsp3) is 0.200. The Balaban J connectivity index is 2.46. The van der Waals surface area contributed by atoms with E-state index < -0.39 is 18.2 Å². The number of hydrogen-bond donors (Lipinski definition) is 4. The van der Waals surface area contributed by atoms with Crippen molar-refractivity contribution in [3.8, 4) is 0 Å². The molecule has 1 aromatic heterocycles. The topological polar surface area (TPSA) is 106 Å². The van der Waals surface area contributed by atoms with Crippen LogP contribution in [0, 0.1) is 0 Å². The highest BCUT2D eigenvalue weighted by Gasteiger charge is 2.26. The van der Waals surface area contributed by atoms with Gasteiger partial charge in [0.25, 0.3) is 0 Å². The van der Waals surface area contributed by atoms with Crippen molar-refractivity contribution >= 4 is 16.9 Å². The summed E-state index contributed by atoms with van der Waals surface area (Å²) in [5.74, 6) is -1.47. The third kappa shape index (κ3) is 1.64. The maximum Gasteiger partial charge on any atom is 0.335 e. The van der Waals surface area contributed by atoms with Gasteiger partial charge in [0.1, 0.15) is 6.10 Å². The van der Waals surface area contributed by atoms with E-state index in [4.69, 9.17) is 5.11 Å². The molecule has 0 aliphatic heterocycles. The Morgan fingerprint density at radius 1 is 1.38 bits per heavy atom. The van der Waals surface area contributed by atoms with E-state index in [0.717, 1.165) is 5.39 Å². The lowest BCUT2D eigenvalue weighted by Crippen LogP contribution is -2.27. The molecule has 0 aliphatic rings. The summed E-state index contributed by atoms with van der Waals surface area (Å²) in [6.45, 7) is 0. The number of carboxylic acids is 1. The molecule has 0 radical (unpaired) electrons. The predicted octanol–water partition coefficient (Wildman–Crippen LogP) is 0.0418. The van der Waals surface area contributed by atoms with Crippen LogP contribution in [-0.4, -0.2) is 37.6 Å². The first-order chi connectivity index (χ1) is 7.61. The summed E-state index contributed by atoms with van der Waals surface area (Å²) in [4.78, 5) is 10.6. The summed E-state index contributed by atoms with van der Waals surface area (Å²) in [6.07, 6.45) is -1.78. The molecule has 0 aliphatic carbocycles. The molecule has 16 heavy (non-hydrogen) atoms. The maximum atomic E-state index is 10.6. The van der Waals surface area contributed by atoms with Gasteiger partial charge in [-0.05, 0) is 0 Å². The van der Waals surface area contributed by atoms with E-state index in [2.05, 4.69) is 10.2 Å². The number of H-pyrrole nitrogens is 1. The molecule has 2 atom stereocenters. The number of nitrogens with one attached hydrogen (secondary N) is 1. The van der Waals surface area contributed by atoms with Crippen LogP contribution < -0.4 is 0 Å². The van der Waals surface area contributed by atoms with Crippen LogP contribution in [0.25, 0.3) is 10.9 Å². The smallest absolute Gasteiger partial charge is 0.335 e. The minimum atomic E-state index is -1.85. The highest BCUT2D eigenvalue weighted by molar-refractivity contribution is 5.83. The number of aliphatic hydroxyl groups excluding tert-OH is 2. The van der Waals surface area contributed by atoms with E-state index in [0.29, 0.717) is 11.1 Å². The first kappa shape index (κ1) is 10.6. The Morgan fingerprint density at radius 3 is 2.81 bits per heavy atom. The number of nitrogens with zero attached hydrogens (tertiary/aromatic N) is 1. The third-order valence-electron chi connectivity index (χ3n) is 2.38. The maximum absolute atomic E-state index is 10.6. The Labute approximate surface area is 90.1 Å². The first-order valence-electron chi connectivity index (χ1n) is 4.62. The minimum Gasteiger partial charge on any atom is -0.479 e. The number of hydrogen-bond acceptors (Lipinski definition) is 4. The van der Waals surface area contributed by atoms with Gasteiger partial charge in [-0.2, -0.15) is 5.10 Å². The molecule has 2 rings (SSSR count). The van der Waals surface area contributed by atoms with Gasteiger partial charge in [-0.3, -0.25) is 5.10 Å². The molecule has 84 valence electrons. The van der Waals surface area contributed by atoms with Gasteiger partial charge in [-0.15, -0.1) is 0 Å². The number of aromatic amines is 1. The lowest BCUT2D eigenvalue weighted by atomic mass is 10.0. The summed E-state index contributed by atoms with van der Waals surface area (Å²) >= 11 is 0. The fourth-order valence-electron chi connectivity index (χ4n) is 1.54. The number of aromatic nitrogens is 2.